The Balaban J connectivity index is 2.16. The molecule has 0 aromatic heterocycles. The van der Waals surface area contributed by atoms with E-state index in [1.807, 2.05) is 7.05 Å². The van der Waals surface area contributed by atoms with Crippen molar-refractivity contribution in [3.63, 3.8) is 0 Å². The molecule has 2 nitrogen and oxygen atoms in total. The van der Waals surface area contributed by atoms with Crippen LogP contribution in [-0.2, 0) is 6.54 Å². The molecule has 0 atom stereocenters. The predicted molar refractivity (Wildman–Crippen MR) is 68.3 cm³/mol. The predicted octanol–water partition coefficient (Wildman–Crippen LogP) is 2.77. The molecule has 1 fully saturated rings. The van der Waals surface area contributed by atoms with Gasteiger partial charge in [0.25, 0.3) is 0 Å². The molecule has 0 aliphatic heterocycles. The monoisotopic (exact) mass is 268 g/mol. The molecular formula is C12H17BrN2. The molecule has 1 aliphatic carbocycles. The summed E-state index contributed by atoms with van der Waals surface area (Å²) in [6.45, 7) is 0.911. The van der Waals surface area contributed by atoms with Crippen molar-refractivity contribution in [2.24, 2.45) is 0 Å². The highest BCUT2D eigenvalue weighted by Crippen LogP contribution is 2.32. The van der Waals surface area contributed by atoms with E-state index in [1.165, 1.54) is 28.6 Å². The molecule has 1 aromatic rings. The van der Waals surface area contributed by atoms with Crippen LogP contribution in [0.4, 0.5) is 5.69 Å². The number of anilines is 1. The zero-order valence-corrected chi connectivity index (χ0v) is 10.8. The smallest absolute Gasteiger partial charge is 0.0377 e. The highest BCUT2D eigenvalue weighted by molar-refractivity contribution is 9.10. The van der Waals surface area contributed by atoms with Crippen LogP contribution in [0.1, 0.15) is 18.4 Å². The minimum Gasteiger partial charge on any atom is -0.372 e. The number of benzene rings is 1. The Kier molecular flexibility index (Phi) is 3.32. The molecule has 82 valence electrons. The fourth-order valence-electron chi connectivity index (χ4n) is 1.76. The van der Waals surface area contributed by atoms with E-state index in [0.29, 0.717) is 0 Å². The van der Waals surface area contributed by atoms with Gasteiger partial charge in [-0.15, -0.1) is 0 Å². The van der Waals surface area contributed by atoms with Crippen LogP contribution < -0.4 is 10.2 Å². The van der Waals surface area contributed by atoms with Crippen LogP contribution in [0.2, 0.25) is 0 Å². The third kappa shape index (κ3) is 2.52. The summed E-state index contributed by atoms with van der Waals surface area (Å²) in [4.78, 5) is 2.37. The van der Waals surface area contributed by atoms with Crippen molar-refractivity contribution in [1.29, 1.82) is 0 Å². The maximum Gasteiger partial charge on any atom is 0.0377 e. The Morgan fingerprint density at radius 1 is 1.47 bits per heavy atom. The summed E-state index contributed by atoms with van der Waals surface area (Å²) in [5.41, 5.74) is 2.62. The van der Waals surface area contributed by atoms with Gasteiger partial charge in [-0.05, 0) is 37.6 Å². The van der Waals surface area contributed by atoms with Crippen LogP contribution in [0.15, 0.2) is 22.7 Å². The van der Waals surface area contributed by atoms with Crippen molar-refractivity contribution in [2.45, 2.75) is 25.4 Å². The maximum atomic E-state index is 3.62. The first-order chi connectivity index (χ1) is 7.22. The number of halogens is 1. The minimum absolute atomic E-state index is 0.770. The first kappa shape index (κ1) is 11.0. The fraction of sp³-hybridized carbons (Fsp3) is 0.500. The second-order valence-corrected chi connectivity index (χ2v) is 5.00. The highest BCUT2D eigenvalue weighted by Gasteiger charge is 2.26. The largest absolute Gasteiger partial charge is 0.372 e. The Hall–Kier alpha value is -0.540. The molecule has 0 saturated heterocycles. The number of hydrogen-bond donors (Lipinski definition) is 1. The van der Waals surface area contributed by atoms with Crippen molar-refractivity contribution in [2.75, 3.05) is 19.0 Å². The van der Waals surface area contributed by atoms with E-state index in [-0.39, 0.29) is 0 Å². The zero-order valence-electron chi connectivity index (χ0n) is 9.26. The average Bonchev–Trinajstić information content (AvgIpc) is 3.04. The van der Waals surface area contributed by atoms with Gasteiger partial charge in [-0.25, -0.2) is 0 Å². The van der Waals surface area contributed by atoms with Gasteiger partial charge < -0.3 is 10.2 Å². The van der Waals surface area contributed by atoms with Crippen molar-refractivity contribution in [1.82, 2.24) is 5.32 Å². The summed E-state index contributed by atoms with van der Waals surface area (Å²) in [5.74, 6) is 0. The number of rotatable bonds is 4. The molecule has 1 aromatic carbocycles. The normalized spacial score (nSPS) is 15.4. The van der Waals surface area contributed by atoms with Gasteiger partial charge in [0.15, 0.2) is 0 Å². The molecule has 3 heteroatoms. The van der Waals surface area contributed by atoms with Crippen LogP contribution in [0, 0.1) is 0 Å². The van der Waals surface area contributed by atoms with E-state index in [1.54, 1.807) is 0 Å². The third-order valence-electron chi connectivity index (χ3n) is 2.91. The van der Waals surface area contributed by atoms with E-state index in [0.717, 1.165) is 12.6 Å². The lowest BCUT2D eigenvalue weighted by molar-refractivity contribution is 0.813. The second-order valence-electron chi connectivity index (χ2n) is 4.15. The SMILES string of the molecule is CNCc1ccc(N(C)C2CC2)cc1Br. The van der Waals surface area contributed by atoms with E-state index >= 15 is 0 Å². The van der Waals surface area contributed by atoms with Crippen LogP contribution in [0.3, 0.4) is 0 Å². The molecule has 0 unspecified atom stereocenters. The van der Waals surface area contributed by atoms with E-state index in [9.17, 15) is 0 Å². The molecule has 1 N–H and O–H groups in total. The Labute approximate surface area is 99.8 Å². The van der Waals surface area contributed by atoms with Crippen molar-refractivity contribution < 1.29 is 0 Å². The second kappa shape index (κ2) is 4.54. The molecule has 0 radical (unpaired) electrons. The zero-order chi connectivity index (χ0) is 10.8. The lowest BCUT2D eigenvalue weighted by Crippen LogP contribution is -2.19. The van der Waals surface area contributed by atoms with Gasteiger partial charge in [-0.2, -0.15) is 0 Å². The molecule has 1 aliphatic rings. The van der Waals surface area contributed by atoms with Gasteiger partial charge in [0.1, 0.15) is 0 Å². The molecule has 2 rings (SSSR count). The summed E-state index contributed by atoms with van der Waals surface area (Å²) < 4.78 is 1.20. The molecule has 0 heterocycles. The average molecular weight is 269 g/mol. The maximum absolute atomic E-state index is 3.62. The van der Waals surface area contributed by atoms with Gasteiger partial charge in [-0.1, -0.05) is 22.0 Å². The summed E-state index contributed by atoms with van der Waals surface area (Å²) >= 11 is 3.62. The fourth-order valence-corrected chi connectivity index (χ4v) is 2.27. The Morgan fingerprint density at radius 3 is 2.73 bits per heavy atom. The molecular weight excluding hydrogens is 252 g/mol. The molecule has 0 spiro atoms. The summed E-state index contributed by atoms with van der Waals surface area (Å²) in [6, 6.07) is 7.38. The van der Waals surface area contributed by atoms with Gasteiger partial charge >= 0.3 is 0 Å². The van der Waals surface area contributed by atoms with E-state index in [4.69, 9.17) is 0 Å². The lowest BCUT2D eigenvalue weighted by atomic mass is 10.2. The molecule has 1 saturated carbocycles. The molecule has 0 amide bonds. The summed E-state index contributed by atoms with van der Waals surface area (Å²) in [7, 11) is 4.15. The first-order valence-electron chi connectivity index (χ1n) is 5.38. The molecule has 15 heavy (non-hydrogen) atoms. The van der Waals surface area contributed by atoms with Gasteiger partial charge in [0, 0.05) is 29.8 Å². The number of nitrogens with zero attached hydrogens (tertiary/aromatic N) is 1. The van der Waals surface area contributed by atoms with Crippen LogP contribution in [-0.4, -0.2) is 20.1 Å². The van der Waals surface area contributed by atoms with Crippen LogP contribution in [0.5, 0.6) is 0 Å². The third-order valence-corrected chi connectivity index (χ3v) is 3.64. The number of hydrogen-bond acceptors (Lipinski definition) is 2. The van der Waals surface area contributed by atoms with E-state index in [2.05, 4.69) is 51.4 Å². The standard InChI is InChI=1S/C12H17BrN2/c1-14-8-9-3-4-11(7-12(9)13)15(2)10-5-6-10/h3-4,7,10,14H,5-6,8H2,1-2H3. The highest BCUT2D eigenvalue weighted by atomic mass is 79.9. The van der Waals surface area contributed by atoms with Gasteiger partial charge in [0.05, 0.1) is 0 Å². The Bertz CT molecular complexity index is 347. The van der Waals surface area contributed by atoms with Crippen molar-refractivity contribution in [3.8, 4) is 0 Å². The van der Waals surface area contributed by atoms with Gasteiger partial charge in [-0.3, -0.25) is 0 Å². The van der Waals surface area contributed by atoms with Gasteiger partial charge in [0.2, 0.25) is 0 Å². The quantitative estimate of drug-likeness (QED) is 0.904. The number of nitrogens with one attached hydrogen (secondary N) is 1. The van der Waals surface area contributed by atoms with Crippen LogP contribution >= 0.6 is 15.9 Å². The summed E-state index contributed by atoms with van der Waals surface area (Å²) in [6.07, 6.45) is 2.68. The molecule has 0 bridgehead atoms. The summed E-state index contributed by atoms with van der Waals surface area (Å²) in [5, 5.41) is 3.17. The first-order valence-corrected chi connectivity index (χ1v) is 6.17. The van der Waals surface area contributed by atoms with Crippen molar-refractivity contribution in [3.05, 3.63) is 28.2 Å². The Morgan fingerprint density at radius 2 is 2.20 bits per heavy atom. The van der Waals surface area contributed by atoms with Crippen LogP contribution in [0.25, 0.3) is 0 Å². The van der Waals surface area contributed by atoms with Crippen molar-refractivity contribution >= 4 is 21.6 Å². The van der Waals surface area contributed by atoms with E-state index < -0.39 is 0 Å². The lowest BCUT2D eigenvalue weighted by Gasteiger charge is -2.19. The minimum atomic E-state index is 0.770. The topological polar surface area (TPSA) is 15.3 Å².